The first kappa shape index (κ1) is 11.7. The van der Waals surface area contributed by atoms with Crippen LogP contribution in [0.25, 0.3) is 0 Å². The average Bonchev–Trinajstić information content (AvgIpc) is 2.24. The second kappa shape index (κ2) is 6.19. The van der Waals surface area contributed by atoms with Crippen molar-refractivity contribution in [1.29, 1.82) is 0 Å². The van der Waals surface area contributed by atoms with Gasteiger partial charge in [-0.25, -0.2) is 4.98 Å². The molecule has 0 spiro atoms. The largest absolute Gasteiger partial charge is 0.472 e. The Balaban J connectivity index is 2.71. The molecule has 1 N–H and O–H groups in total. The molecule has 1 rings (SSSR count). The van der Waals surface area contributed by atoms with Crippen LogP contribution in [0.2, 0.25) is 0 Å². The molecule has 0 fully saturated rings. The molecule has 0 unspecified atom stereocenters. The van der Waals surface area contributed by atoms with Crippen LogP contribution in [0.4, 0.5) is 0 Å². The second-order valence-electron chi connectivity index (χ2n) is 3.18. The Labute approximate surface area is 89.1 Å². The van der Waals surface area contributed by atoms with E-state index in [0.717, 1.165) is 6.42 Å². The third kappa shape index (κ3) is 3.36. The van der Waals surface area contributed by atoms with Crippen LogP contribution in [-0.4, -0.2) is 29.8 Å². The van der Waals surface area contributed by atoms with Crippen LogP contribution in [-0.2, 0) is 6.54 Å². The van der Waals surface area contributed by atoms with Gasteiger partial charge in [-0.15, -0.1) is 0 Å². The van der Waals surface area contributed by atoms with Crippen molar-refractivity contribution < 1.29 is 4.74 Å². The summed E-state index contributed by atoms with van der Waals surface area (Å²) in [6.07, 6.45) is 4.18. The lowest BCUT2D eigenvalue weighted by Crippen LogP contribution is -2.25. The molecule has 0 aliphatic rings. The standard InChI is InChI=1S/C10H17N3O2/c1-3-6-13-7-4-12-9(10(13)14)15-8-5-11-2/h4,7,11H,3,5-6,8H2,1-2H3. The molecular weight excluding hydrogens is 194 g/mol. The van der Waals surface area contributed by atoms with Gasteiger partial charge in [-0.3, -0.25) is 4.79 Å². The van der Waals surface area contributed by atoms with E-state index in [0.29, 0.717) is 19.7 Å². The molecule has 0 aromatic carbocycles. The Morgan fingerprint density at radius 2 is 2.40 bits per heavy atom. The summed E-state index contributed by atoms with van der Waals surface area (Å²) in [5, 5.41) is 2.94. The number of ether oxygens (including phenoxy) is 1. The molecule has 5 nitrogen and oxygen atoms in total. The zero-order chi connectivity index (χ0) is 11.1. The maximum Gasteiger partial charge on any atom is 0.313 e. The van der Waals surface area contributed by atoms with Gasteiger partial charge in [0.15, 0.2) is 0 Å². The molecule has 84 valence electrons. The van der Waals surface area contributed by atoms with E-state index in [1.165, 1.54) is 0 Å². The lowest BCUT2D eigenvalue weighted by molar-refractivity contribution is 0.298. The van der Waals surface area contributed by atoms with Gasteiger partial charge in [-0.2, -0.15) is 0 Å². The molecule has 0 aliphatic carbocycles. The van der Waals surface area contributed by atoms with Crippen LogP contribution in [0.15, 0.2) is 17.2 Å². The fourth-order valence-corrected chi connectivity index (χ4v) is 1.19. The lowest BCUT2D eigenvalue weighted by atomic mass is 10.4. The fraction of sp³-hybridized carbons (Fsp3) is 0.600. The number of hydrogen-bond donors (Lipinski definition) is 1. The van der Waals surface area contributed by atoms with Crippen LogP contribution in [0, 0.1) is 0 Å². The zero-order valence-corrected chi connectivity index (χ0v) is 9.19. The van der Waals surface area contributed by atoms with Gasteiger partial charge in [0.25, 0.3) is 5.88 Å². The monoisotopic (exact) mass is 211 g/mol. The summed E-state index contributed by atoms with van der Waals surface area (Å²) in [5.74, 6) is 0.182. The van der Waals surface area contributed by atoms with Crippen molar-refractivity contribution in [1.82, 2.24) is 14.9 Å². The molecule has 1 aromatic rings. The van der Waals surface area contributed by atoms with Gasteiger partial charge in [0, 0.05) is 25.5 Å². The highest BCUT2D eigenvalue weighted by atomic mass is 16.5. The summed E-state index contributed by atoms with van der Waals surface area (Å²) in [5.41, 5.74) is -0.157. The Hall–Kier alpha value is -1.36. The predicted molar refractivity (Wildman–Crippen MR) is 58.2 cm³/mol. The van der Waals surface area contributed by atoms with Crippen LogP contribution >= 0.6 is 0 Å². The lowest BCUT2D eigenvalue weighted by Gasteiger charge is -2.07. The number of aromatic nitrogens is 2. The minimum atomic E-state index is -0.157. The highest BCUT2D eigenvalue weighted by Crippen LogP contribution is 1.96. The van der Waals surface area contributed by atoms with Gasteiger partial charge in [0.2, 0.25) is 0 Å². The summed E-state index contributed by atoms with van der Waals surface area (Å²) in [6, 6.07) is 0. The molecule has 0 saturated heterocycles. The molecule has 5 heteroatoms. The molecule has 0 atom stereocenters. The molecule has 15 heavy (non-hydrogen) atoms. The number of nitrogens with one attached hydrogen (secondary N) is 1. The summed E-state index contributed by atoms with van der Waals surface area (Å²) in [4.78, 5) is 15.6. The molecular formula is C10H17N3O2. The first-order valence-electron chi connectivity index (χ1n) is 5.12. The van der Waals surface area contributed by atoms with E-state index >= 15 is 0 Å². The average molecular weight is 211 g/mol. The van der Waals surface area contributed by atoms with Gasteiger partial charge in [0.05, 0.1) is 0 Å². The van der Waals surface area contributed by atoms with E-state index in [-0.39, 0.29) is 11.4 Å². The van der Waals surface area contributed by atoms with Crippen LogP contribution in [0.5, 0.6) is 5.88 Å². The summed E-state index contributed by atoms with van der Waals surface area (Å²) < 4.78 is 6.87. The Kier molecular flexibility index (Phi) is 4.83. The highest BCUT2D eigenvalue weighted by Gasteiger charge is 2.04. The number of aryl methyl sites for hydroxylation is 1. The summed E-state index contributed by atoms with van der Waals surface area (Å²) in [6.45, 7) is 3.87. The van der Waals surface area contributed by atoms with Crippen LogP contribution in [0.1, 0.15) is 13.3 Å². The third-order valence-corrected chi connectivity index (χ3v) is 1.94. The highest BCUT2D eigenvalue weighted by molar-refractivity contribution is 5.04. The number of hydrogen-bond acceptors (Lipinski definition) is 4. The van der Waals surface area contributed by atoms with E-state index in [1.807, 2.05) is 14.0 Å². The second-order valence-corrected chi connectivity index (χ2v) is 3.18. The quantitative estimate of drug-likeness (QED) is 0.685. The topological polar surface area (TPSA) is 56.1 Å². The molecule has 1 heterocycles. The SMILES string of the molecule is CCCn1ccnc(OCCNC)c1=O. The van der Waals surface area contributed by atoms with Gasteiger partial charge in [0.1, 0.15) is 6.61 Å². The number of likely N-dealkylation sites (N-methyl/N-ethyl adjacent to an activating group) is 1. The van der Waals surface area contributed by atoms with Gasteiger partial charge in [-0.05, 0) is 13.5 Å². The molecule has 0 radical (unpaired) electrons. The first-order chi connectivity index (χ1) is 7.29. The Morgan fingerprint density at radius 1 is 1.60 bits per heavy atom. The zero-order valence-electron chi connectivity index (χ0n) is 9.19. The first-order valence-corrected chi connectivity index (χ1v) is 5.12. The van der Waals surface area contributed by atoms with Crippen molar-refractivity contribution in [3.8, 4) is 5.88 Å². The van der Waals surface area contributed by atoms with Gasteiger partial charge < -0.3 is 14.6 Å². The maximum absolute atomic E-state index is 11.7. The van der Waals surface area contributed by atoms with Gasteiger partial charge >= 0.3 is 5.56 Å². The van der Waals surface area contributed by atoms with Gasteiger partial charge in [-0.1, -0.05) is 6.92 Å². The van der Waals surface area contributed by atoms with E-state index in [2.05, 4.69) is 10.3 Å². The fourth-order valence-electron chi connectivity index (χ4n) is 1.19. The van der Waals surface area contributed by atoms with Crippen LogP contribution < -0.4 is 15.6 Å². The minimum Gasteiger partial charge on any atom is -0.472 e. The molecule has 0 aliphatic heterocycles. The Morgan fingerprint density at radius 3 is 3.07 bits per heavy atom. The predicted octanol–water partition coefficient (Wildman–Crippen LogP) is 0.251. The minimum absolute atomic E-state index is 0.157. The molecule has 0 saturated carbocycles. The van der Waals surface area contributed by atoms with Crippen molar-refractivity contribution in [3.05, 3.63) is 22.7 Å². The Bertz CT molecular complexity index is 349. The normalized spacial score (nSPS) is 10.3. The smallest absolute Gasteiger partial charge is 0.313 e. The van der Waals surface area contributed by atoms with E-state index in [9.17, 15) is 4.79 Å². The maximum atomic E-state index is 11.7. The molecule has 0 bridgehead atoms. The van der Waals surface area contributed by atoms with Crippen molar-refractivity contribution in [3.63, 3.8) is 0 Å². The van der Waals surface area contributed by atoms with Crippen molar-refractivity contribution in [2.45, 2.75) is 19.9 Å². The number of rotatable bonds is 6. The molecule has 1 aromatic heterocycles. The van der Waals surface area contributed by atoms with Crippen LogP contribution in [0.3, 0.4) is 0 Å². The van der Waals surface area contributed by atoms with Crippen molar-refractivity contribution in [2.24, 2.45) is 0 Å². The summed E-state index contributed by atoms with van der Waals surface area (Å²) in [7, 11) is 1.83. The van der Waals surface area contributed by atoms with E-state index < -0.39 is 0 Å². The van der Waals surface area contributed by atoms with E-state index in [4.69, 9.17) is 4.74 Å². The van der Waals surface area contributed by atoms with Crippen molar-refractivity contribution in [2.75, 3.05) is 20.2 Å². The third-order valence-electron chi connectivity index (χ3n) is 1.94. The summed E-state index contributed by atoms with van der Waals surface area (Å²) >= 11 is 0. The number of nitrogens with zero attached hydrogens (tertiary/aromatic N) is 2. The van der Waals surface area contributed by atoms with Crippen molar-refractivity contribution >= 4 is 0 Å². The molecule has 0 amide bonds. The van der Waals surface area contributed by atoms with E-state index in [1.54, 1.807) is 17.0 Å².